The predicted molar refractivity (Wildman–Crippen MR) is 86.5 cm³/mol. The van der Waals surface area contributed by atoms with Gasteiger partial charge in [0.2, 0.25) is 0 Å². The molecule has 0 aliphatic heterocycles. The second kappa shape index (κ2) is 4.27. The van der Waals surface area contributed by atoms with Gasteiger partial charge in [0, 0.05) is 18.6 Å². The Bertz CT molecular complexity index is 1190. The molecule has 0 bridgehead atoms. The average molecular weight is 291 g/mol. The third-order valence-electron chi connectivity index (χ3n) is 4.04. The molecule has 0 saturated carbocycles. The first-order valence-corrected chi connectivity index (χ1v) is 6.98. The van der Waals surface area contributed by atoms with Crippen molar-refractivity contribution in [3.63, 3.8) is 0 Å². The third kappa shape index (κ3) is 1.56. The molecule has 0 atom stereocenters. The molecular weight excluding hydrogens is 278 g/mol. The normalized spacial score (nSPS) is 11.5. The third-order valence-corrected chi connectivity index (χ3v) is 4.04. The highest BCUT2D eigenvalue weighted by Crippen LogP contribution is 2.21. The van der Waals surface area contributed by atoms with Crippen LogP contribution in [0.25, 0.3) is 27.5 Å². The zero-order chi connectivity index (χ0) is 15.4. The van der Waals surface area contributed by atoms with Crippen molar-refractivity contribution in [2.75, 3.05) is 0 Å². The molecule has 0 unspecified atom stereocenters. The van der Waals surface area contributed by atoms with Crippen molar-refractivity contribution in [3.8, 4) is 0 Å². The van der Waals surface area contributed by atoms with Gasteiger partial charge in [-0.1, -0.05) is 18.2 Å². The van der Waals surface area contributed by atoms with Crippen molar-refractivity contribution in [3.05, 3.63) is 68.9 Å². The van der Waals surface area contributed by atoms with E-state index < -0.39 is 5.56 Å². The lowest BCUT2D eigenvalue weighted by Gasteiger charge is -2.11. The molecule has 0 fully saturated rings. The van der Waals surface area contributed by atoms with E-state index in [2.05, 4.69) is 4.98 Å². The fraction of sp³-hybridized carbons (Fsp3) is 0.118. The summed E-state index contributed by atoms with van der Waals surface area (Å²) in [6, 6.07) is 11.4. The van der Waals surface area contributed by atoms with Crippen LogP contribution in [0.5, 0.6) is 0 Å². The molecule has 3 aromatic heterocycles. The molecule has 4 aromatic rings. The predicted octanol–water partition coefficient (Wildman–Crippen LogP) is 2.01. The van der Waals surface area contributed by atoms with Crippen molar-refractivity contribution in [1.82, 2.24) is 14.0 Å². The summed E-state index contributed by atoms with van der Waals surface area (Å²) in [6.07, 6.45) is 1.85. The zero-order valence-electron chi connectivity index (χ0n) is 12.2. The largest absolute Gasteiger partial charge is 0.311 e. The molecule has 3 heterocycles. The quantitative estimate of drug-likeness (QED) is 0.466. The minimum atomic E-state index is -0.480. The molecule has 0 radical (unpaired) electrons. The van der Waals surface area contributed by atoms with Crippen molar-refractivity contribution in [2.45, 2.75) is 6.92 Å². The van der Waals surface area contributed by atoms with E-state index in [1.165, 1.54) is 4.57 Å². The molecule has 0 spiro atoms. The Morgan fingerprint density at radius 1 is 1.09 bits per heavy atom. The molecule has 0 N–H and O–H groups in total. The van der Waals surface area contributed by atoms with Gasteiger partial charge in [-0.25, -0.2) is 0 Å². The summed E-state index contributed by atoms with van der Waals surface area (Å²) in [5, 5.41) is 0.987. The fourth-order valence-electron chi connectivity index (χ4n) is 2.95. The van der Waals surface area contributed by atoms with E-state index in [0.29, 0.717) is 11.2 Å². The van der Waals surface area contributed by atoms with Crippen molar-refractivity contribution < 1.29 is 0 Å². The van der Waals surface area contributed by atoms with E-state index in [-0.39, 0.29) is 10.9 Å². The number of fused-ring (bicyclic) bond motifs is 5. The number of benzene rings is 1. The van der Waals surface area contributed by atoms with E-state index in [4.69, 9.17) is 0 Å². The van der Waals surface area contributed by atoms with Crippen molar-refractivity contribution in [1.29, 1.82) is 0 Å². The number of nitrogens with zero attached hydrogens (tertiary/aromatic N) is 3. The van der Waals surface area contributed by atoms with Crippen LogP contribution < -0.4 is 11.1 Å². The Morgan fingerprint density at radius 2 is 1.86 bits per heavy atom. The second-order valence-corrected chi connectivity index (χ2v) is 5.45. The van der Waals surface area contributed by atoms with Gasteiger partial charge in [0.1, 0.15) is 11.0 Å². The molecule has 108 valence electrons. The lowest BCUT2D eigenvalue weighted by Crippen LogP contribution is -2.25. The van der Waals surface area contributed by atoms with Crippen LogP contribution in [0.15, 0.2) is 52.2 Å². The van der Waals surface area contributed by atoms with Gasteiger partial charge >= 0.3 is 0 Å². The maximum atomic E-state index is 12.6. The Hall–Kier alpha value is -2.95. The Balaban J connectivity index is 2.49. The number of para-hydroxylation sites is 1. The molecule has 5 heteroatoms. The van der Waals surface area contributed by atoms with Crippen molar-refractivity contribution in [2.24, 2.45) is 7.05 Å². The second-order valence-electron chi connectivity index (χ2n) is 5.45. The van der Waals surface area contributed by atoms with Crippen LogP contribution in [0, 0.1) is 6.92 Å². The number of rotatable bonds is 0. The number of pyridine rings is 2. The summed E-state index contributed by atoms with van der Waals surface area (Å²) in [5.41, 5.74) is 2.18. The monoisotopic (exact) mass is 291 g/mol. The molecular formula is C17H13N3O2. The van der Waals surface area contributed by atoms with Crippen LogP contribution in [-0.4, -0.2) is 14.0 Å². The molecule has 0 aliphatic rings. The minimum absolute atomic E-state index is 0.127. The van der Waals surface area contributed by atoms with Crippen LogP contribution in [0.2, 0.25) is 0 Å². The summed E-state index contributed by atoms with van der Waals surface area (Å²) < 4.78 is 3.31. The van der Waals surface area contributed by atoms with Gasteiger partial charge in [0.25, 0.3) is 11.1 Å². The lowest BCUT2D eigenvalue weighted by atomic mass is 10.1. The van der Waals surface area contributed by atoms with Crippen LogP contribution >= 0.6 is 0 Å². The number of hydrogen-bond acceptors (Lipinski definition) is 3. The van der Waals surface area contributed by atoms with Gasteiger partial charge in [-0.2, -0.15) is 4.98 Å². The first-order chi connectivity index (χ1) is 10.6. The number of hydrogen-bond donors (Lipinski definition) is 0. The van der Waals surface area contributed by atoms with E-state index in [1.807, 2.05) is 53.9 Å². The maximum absolute atomic E-state index is 12.6. The van der Waals surface area contributed by atoms with Gasteiger partial charge in [-0.05, 0) is 30.7 Å². The lowest BCUT2D eigenvalue weighted by molar-refractivity contribution is 0.913. The highest BCUT2D eigenvalue weighted by Gasteiger charge is 2.15. The van der Waals surface area contributed by atoms with Crippen LogP contribution in [0.3, 0.4) is 0 Å². The SMILES string of the molecule is Cc1ccn2c(c1)nc(=O)c1c(=O)n(C)c3ccccc3c12. The smallest absolute Gasteiger partial charge is 0.286 e. The maximum Gasteiger partial charge on any atom is 0.286 e. The summed E-state index contributed by atoms with van der Waals surface area (Å²) in [4.78, 5) is 29.0. The molecule has 5 nitrogen and oxygen atoms in total. The fourth-order valence-corrected chi connectivity index (χ4v) is 2.95. The minimum Gasteiger partial charge on any atom is -0.311 e. The standard InChI is InChI=1S/C17H13N3O2/c1-10-7-8-20-13(9-10)18-16(21)14-15(20)11-5-3-4-6-12(11)19(2)17(14)22/h3-9H,1-2H3. The Labute approximate surface area is 125 Å². The summed E-state index contributed by atoms with van der Waals surface area (Å²) in [7, 11) is 1.67. The van der Waals surface area contributed by atoms with E-state index in [1.54, 1.807) is 7.05 Å². The van der Waals surface area contributed by atoms with Gasteiger partial charge in [-0.15, -0.1) is 0 Å². The summed E-state index contributed by atoms with van der Waals surface area (Å²) in [5.74, 6) is 0. The molecule has 1 aromatic carbocycles. The highest BCUT2D eigenvalue weighted by atomic mass is 16.1. The summed E-state index contributed by atoms with van der Waals surface area (Å²) >= 11 is 0. The molecule has 0 aliphatic carbocycles. The number of aryl methyl sites for hydroxylation is 2. The van der Waals surface area contributed by atoms with Crippen LogP contribution in [0.4, 0.5) is 0 Å². The van der Waals surface area contributed by atoms with Crippen LogP contribution in [0.1, 0.15) is 5.56 Å². The topological polar surface area (TPSA) is 56.4 Å². The molecule has 0 saturated heterocycles. The first kappa shape index (κ1) is 12.8. The van der Waals surface area contributed by atoms with E-state index in [0.717, 1.165) is 16.5 Å². The molecule has 22 heavy (non-hydrogen) atoms. The van der Waals surface area contributed by atoms with E-state index >= 15 is 0 Å². The van der Waals surface area contributed by atoms with E-state index in [9.17, 15) is 9.59 Å². The van der Waals surface area contributed by atoms with Gasteiger partial charge in [-0.3, -0.25) is 9.59 Å². The Morgan fingerprint density at radius 3 is 2.68 bits per heavy atom. The van der Waals surface area contributed by atoms with Crippen molar-refractivity contribution >= 4 is 27.5 Å². The average Bonchev–Trinajstić information content (AvgIpc) is 2.51. The Kier molecular flexibility index (Phi) is 2.48. The molecule has 0 amide bonds. The highest BCUT2D eigenvalue weighted by molar-refractivity contribution is 6.03. The zero-order valence-corrected chi connectivity index (χ0v) is 12.2. The van der Waals surface area contributed by atoms with Gasteiger partial charge in [0.05, 0.1) is 11.0 Å². The first-order valence-electron chi connectivity index (χ1n) is 6.98. The van der Waals surface area contributed by atoms with Crippen LogP contribution in [-0.2, 0) is 7.05 Å². The number of aromatic nitrogens is 3. The molecule has 4 rings (SSSR count). The summed E-state index contributed by atoms with van der Waals surface area (Å²) in [6.45, 7) is 1.94. The van der Waals surface area contributed by atoms with Gasteiger partial charge < -0.3 is 8.97 Å². The van der Waals surface area contributed by atoms with Gasteiger partial charge in [0.15, 0.2) is 0 Å².